The van der Waals surface area contributed by atoms with E-state index in [4.69, 9.17) is 9.47 Å². The van der Waals surface area contributed by atoms with Gasteiger partial charge < -0.3 is 24.6 Å². The number of carbonyl (C=O) groups excluding carboxylic acids is 1. The molecule has 6 nitrogen and oxygen atoms in total. The lowest BCUT2D eigenvalue weighted by Gasteiger charge is -2.29. The first-order valence-corrected chi connectivity index (χ1v) is 10.0. The molecule has 1 saturated heterocycles. The summed E-state index contributed by atoms with van der Waals surface area (Å²) in [7, 11) is 0. The molecule has 2 aliphatic rings. The maximum absolute atomic E-state index is 12.3. The number of quaternary nitrogens is 2. The van der Waals surface area contributed by atoms with Crippen LogP contribution in [0.25, 0.3) is 0 Å². The fourth-order valence-corrected chi connectivity index (χ4v) is 3.94. The van der Waals surface area contributed by atoms with Crippen LogP contribution >= 0.6 is 0 Å². The third-order valence-corrected chi connectivity index (χ3v) is 5.70. The van der Waals surface area contributed by atoms with Gasteiger partial charge in [0.15, 0.2) is 18.0 Å². The molecule has 0 spiro atoms. The fourth-order valence-electron chi connectivity index (χ4n) is 3.94. The molecule has 0 bridgehead atoms. The van der Waals surface area contributed by atoms with E-state index >= 15 is 0 Å². The average molecular weight is 383 g/mol. The van der Waals surface area contributed by atoms with Crippen LogP contribution in [0.15, 0.2) is 42.5 Å². The van der Waals surface area contributed by atoms with Crippen LogP contribution in [-0.4, -0.2) is 45.4 Å². The zero-order valence-electron chi connectivity index (χ0n) is 16.4. The molecule has 0 saturated carbocycles. The molecule has 2 heterocycles. The smallest absolute Gasteiger partial charge is 0.275 e. The molecule has 0 radical (unpaired) electrons. The lowest BCUT2D eigenvalue weighted by atomic mass is 10.1. The number of piperazine rings is 1. The number of ether oxygens (including phenoxy) is 2. The Morgan fingerprint density at radius 1 is 1.00 bits per heavy atom. The second-order valence-electron chi connectivity index (χ2n) is 7.74. The van der Waals surface area contributed by atoms with Crippen LogP contribution in [0.3, 0.4) is 0 Å². The topological polar surface area (TPSA) is 56.4 Å². The Kier molecular flexibility index (Phi) is 5.78. The summed E-state index contributed by atoms with van der Waals surface area (Å²) in [4.78, 5) is 15.2. The fraction of sp³-hybridized carbons (Fsp3) is 0.409. The molecular weight excluding hydrogens is 354 g/mol. The van der Waals surface area contributed by atoms with E-state index in [0.717, 1.165) is 44.2 Å². The predicted octanol–water partition coefficient (Wildman–Crippen LogP) is -0.676. The maximum atomic E-state index is 12.3. The number of nitrogens with one attached hydrogen (secondary N) is 3. The van der Waals surface area contributed by atoms with Gasteiger partial charge in [-0.2, -0.15) is 0 Å². The normalized spacial score (nSPS) is 20.8. The number of fused-ring (bicyclic) bond motifs is 1. The molecule has 28 heavy (non-hydrogen) atoms. The molecule has 0 aliphatic carbocycles. The Morgan fingerprint density at radius 2 is 1.75 bits per heavy atom. The van der Waals surface area contributed by atoms with Crippen molar-refractivity contribution in [3.8, 4) is 11.5 Å². The summed E-state index contributed by atoms with van der Waals surface area (Å²) in [5.74, 6) is 1.83. The van der Waals surface area contributed by atoms with Crippen molar-refractivity contribution in [2.45, 2.75) is 20.0 Å². The largest absolute Gasteiger partial charge is 0.454 e. The molecular formula is C22H29N3O3+2. The van der Waals surface area contributed by atoms with Gasteiger partial charge in [0.2, 0.25) is 6.79 Å². The van der Waals surface area contributed by atoms with Crippen LogP contribution < -0.4 is 24.6 Å². The average Bonchev–Trinajstić information content (AvgIpc) is 3.17. The van der Waals surface area contributed by atoms with E-state index in [2.05, 4.69) is 36.5 Å². The first kappa shape index (κ1) is 18.8. The van der Waals surface area contributed by atoms with Gasteiger partial charge in [0.05, 0.1) is 0 Å². The van der Waals surface area contributed by atoms with E-state index in [-0.39, 0.29) is 5.91 Å². The molecule has 2 aliphatic heterocycles. The van der Waals surface area contributed by atoms with Crippen molar-refractivity contribution >= 4 is 5.91 Å². The monoisotopic (exact) mass is 383 g/mol. The number of benzene rings is 2. The summed E-state index contributed by atoms with van der Waals surface area (Å²) in [5.41, 5.74) is 3.68. The Balaban J connectivity index is 1.20. The Labute approximate surface area is 166 Å². The summed E-state index contributed by atoms with van der Waals surface area (Å²) in [6.07, 6.45) is 0. The van der Waals surface area contributed by atoms with Gasteiger partial charge in [0.25, 0.3) is 5.91 Å². The number of amides is 1. The third-order valence-electron chi connectivity index (χ3n) is 5.70. The van der Waals surface area contributed by atoms with Crippen molar-refractivity contribution in [3.63, 3.8) is 0 Å². The maximum Gasteiger partial charge on any atom is 0.275 e. The van der Waals surface area contributed by atoms with Gasteiger partial charge in [0, 0.05) is 12.1 Å². The van der Waals surface area contributed by atoms with E-state index in [1.54, 1.807) is 4.90 Å². The van der Waals surface area contributed by atoms with E-state index in [1.165, 1.54) is 21.6 Å². The Bertz CT molecular complexity index is 832. The molecule has 1 amide bonds. The van der Waals surface area contributed by atoms with E-state index < -0.39 is 0 Å². The van der Waals surface area contributed by atoms with Crippen LogP contribution in [0.1, 0.15) is 16.7 Å². The molecule has 4 rings (SSSR count). The molecule has 0 unspecified atom stereocenters. The van der Waals surface area contributed by atoms with Crippen LogP contribution in [0.5, 0.6) is 11.5 Å². The number of carbonyl (C=O) groups is 1. The van der Waals surface area contributed by atoms with Gasteiger partial charge in [-0.3, -0.25) is 4.79 Å². The van der Waals surface area contributed by atoms with Crippen LogP contribution in [0.2, 0.25) is 0 Å². The lowest BCUT2D eigenvalue weighted by molar-refractivity contribution is -1.02. The lowest BCUT2D eigenvalue weighted by Crippen LogP contribution is -3.28. The van der Waals surface area contributed by atoms with Crippen LogP contribution in [-0.2, 0) is 17.9 Å². The summed E-state index contributed by atoms with van der Waals surface area (Å²) in [6, 6.07) is 14.4. The quantitative estimate of drug-likeness (QED) is 0.620. The van der Waals surface area contributed by atoms with Gasteiger partial charge in [-0.1, -0.05) is 24.3 Å². The van der Waals surface area contributed by atoms with Crippen LogP contribution in [0.4, 0.5) is 0 Å². The van der Waals surface area contributed by atoms with Crippen molar-refractivity contribution in [2.24, 2.45) is 0 Å². The summed E-state index contributed by atoms with van der Waals surface area (Å²) < 4.78 is 10.9. The van der Waals surface area contributed by atoms with Crippen molar-refractivity contribution in [2.75, 3.05) is 39.5 Å². The highest BCUT2D eigenvalue weighted by molar-refractivity contribution is 5.76. The molecule has 0 atom stereocenters. The molecule has 6 heteroatoms. The second kappa shape index (κ2) is 8.63. The highest BCUT2D eigenvalue weighted by Crippen LogP contribution is 2.32. The summed E-state index contributed by atoms with van der Waals surface area (Å²) in [5, 5.41) is 3.07. The predicted molar refractivity (Wildman–Crippen MR) is 106 cm³/mol. The van der Waals surface area contributed by atoms with Gasteiger partial charge in [-0.25, -0.2) is 0 Å². The van der Waals surface area contributed by atoms with E-state index in [9.17, 15) is 4.79 Å². The van der Waals surface area contributed by atoms with E-state index in [0.29, 0.717) is 19.9 Å². The van der Waals surface area contributed by atoms with Crippen LogP contribution in [0, 0.1) is 6.92 Å². The number of rotatable bonds is 6. The van der Waals surface area contributed by atoms with Gasteiger partial charge in [-0.05, 0) is 36.2 Å². The van der Waals surface area contributed by atoms with E-state index in [1.807, 2.05) is 18.2 Å². The molecule has 1 fully saturated rings. The van der Waals surface area contributed by atoms with Crippen molar-refractivity contribution < 1.29 is 24.1 Å². The first-order chi connectivity index (χ1) is 13.7. The van der Waals surface area contributed by atoms with Gasteiger partial charge in [0.1, 0.15) is 32.7 Å². The molecule has 148 valence electrons. The standard InChI is InChI=1S/C22H27N3O3/c1-17-4-2-3-5-19(17)13-23-22(26)15-25-10-8-24(9-11-25)14-18-6-7-20-21(12-18)28-16-27-20/h2-7,12H,8-11,13-16H2,1H3,(H,23,26)/p+2. The molecule has 3 N–H and O–H groups in total. The first-order valence-electron chi connectivity index (χ1n) is 10.0. The van der Waals surface area contributed by atoms with Crippen molar-refractivity contribution in [1.82, 2.24) is 5.32 Å². The SMILES string of the molecule is Cc1ccccc1CNC(=O)C[NH+]1CC[NH+](Cc2ccc3c(c2)OCO3)CC1. The number of hydrogen-bond donors (Lipinski definition) is 3. The molecule has 2 aromatic carbocycles. The molecule has 0 aromatic heterocycles. The number of hydrogen-bond acceptors (Lipinski definition) is 3. The summed E-state index contributed by atoms with van der Waals surface area (Å²) in [6.45, 7) is 8.76. The zero-order valence-corrected chi connectivity index (χ0v) is 16.4. The van der Waals surface area contributed by atoms with Crippen molar-refractivity contribution in [1.29, 1.82) is 0 Å². The minimum Gasteiger partial charge on any atom is -0.454 e. The van der Waals surface area contributed by atoms with Crippen molar-refractivity contribution in [3.05, 3.63) is 59.2 Å². The molecule has 2 aromatic rings. The highest BCUT2D eigenvalue weighted by Gasteiger charge is 2.25. The summed E-state index contributed by atoms with van der Waals surface area (Å²) >= 11 is 0. The number of aryl methyl sites for hydroxylation is 1. The zero-order chi connectivity index (χ0) is 19.3. The second-order valence-corrected chi connectivity index (χ2v) is 7.74. The third kappa shape index (κ3) is 4.64. The van der Waals surface area contributed by atoms with Gasteiger partial charge >= 0.3 is 0 Å². The Hall–Kier alpha value is -2.57. The van der Waals surface area contributed by atoms with Gasteiger partial charge in [-0.15, -0.1) is 0 Å². The minimum absolute atomic E-state index is 0.137. The Morgan fingerprint density at radius 3 is 2.57 bits per heavy atom. The minimum atomic E-state index is 0.137. The highest BCUT2D eigenvalue weighted by atomic mass is 16.7.